The predicted octanol–water partition coefficient (Wildman–Crippen LogP) is 3.29. The van der Waals surface area contributed by atoms with Crippen LogP contribution in [-0.4, -0.2) is 30.4 Å². The first kappa shape index (κ1) is 22.8. The molecule has 0 saturated heterocycles. The maximum atomic E-state index is 12.8. The summed E-state index contributed by atoms with van der Waals surface area (Å²) in [7, 11) is -1.12. The minimum absolute atomic E-state index is 0. The first-order valence-electron chi connectivity index (χ1n) is 9.10. The molecule has 0 aliphatic rings. The molecule has 0 fully saturated rings. The van der Waals surface area contributed by atoms with Crippen molar-refractivity contribution in [2.75, 3.05) is 24.6 Å². The third-order valence-electron chi connectivity index (χ3n) is 4.53. The van der Waals surface area contributed by atoms with Crippen LogP contribution >= 0.6 is 7.26 Å². The highest BCUT2D eigenvalue weighted by atomic mass is 79.9. The molecule has 0 N–H and O–H groups in total. The van der Waals surface area contributed by atoms with Crippen molar-refractivity contribution in [3.8, 4) is 0 Å². The van der Waals surface area contributed by atoms with Crippen LogP contribution in [0.25, 0.3) is 0 Å². The fourth-order valence-corrected chi connectivity index (χ4v) is 7.97. The van der Waals surface area contributed by atoms with E-state index in [0.717, 1.165) is 11.7 Å². The molecule has 0 aliphatic heterocycles. The number of carbonyl (C=O) groups is 1. The Morgan fingerprint density at radius 1 is 0.826 bits per heavy atom. The van der Waals surface area contributed by atoms with Crippen molar-refractivity contribution in [3.63, 3.8) is 0 Å². The van der Waals surface area contributed by atoms with Gasteiger partial charge in [-0.1, -0.05) is 70.4 Å². The Bertz CT molecular complexity index is 397. The lowest BCUT2D eigenvalue weighted by molar-refractivity contribution is -0.0000127. The zero-order valence-electron chi connectivity index (χ0n) is 15.2. The van der Waals surface area contributed by atoms with Gasteiger partial charge in [0.25, 0.3) is 0 Å². The quantitative estimate of drug-likeness (QED) is 0.388. The van der Waals surface area contributed by atoms with Gasteiger partial charge in [-0.25, -0.2) is 0 Å². The van der Waals surface area contributed by atoms with Crippen LogP contribution in [-0.2, 0) is 0 Å². The van der Waals surface area contributed by atoms with E-state index in [4.69, 9.17) is 0 Å². The molecule has 0 aliphatic carbocycles. The topological polar surface area (TPSA) is 17.1 Å². The molecule has 0 radical (unpaired) electrons. The van der Waals surface area contributed by atoms with Gasteiger partial charge in [0, 0.05) is 12.8 Å². The summed E-state index contributed by atoms with van der Waals surface area (Å²) in [6.07, 6.45) is 12.4. The van der Waals surface area contributed by atoms with E-state index in [2.05, 4.69) is 20.8 Å². The van der Waals surface area contributed by atoms with E-state index < -0.39 is 7.26 Å². The molecule has 0 unspecified atom stereocenters. The molecule has 0 amide bonds. The average molecular weight is 401 g/mol. The van der Waals surface area contributed by atoms with E-state index in [1.807, 2.05) is 30.3 Å². The number of ketones is 1. The molecular weight excluding hydrogens is 367 g/mol. The molecule has 0 saturated carbocycles. The lowest BCUT2D eigenvalue weighted by Crippen LogP contribution is -3.00. The van der Waals surface area contributed by atoms with Gasteiger partial charge >= 0.3 is 0 Å². The molecule has 1 nitrogen and oxygen atoms in total. The highest BCUT2D eigenvalue weighted by Gasteiger charge is 2.38. The molecule has 0 spiro atoms. The molecule has 1 rings (SSSR count). The summed E-state index contributed by atoms with van der Waals surface area (Å²) in [5.74, 6) is 0.386. The van der Waals surface area contributed by atoms with Crippen LogP contribution in [0.15, 0.2) is 30.3 Å². The van der Waals surface area contributed by atoms with Crippen LogP contribution in [0.1, 0.15) is 69.7 Å². The molecular formula is C20H34BrOP. The van der Waals surface area contributed by atoms with Crippen molar-refractivity contribution in [1.29, 1.82) is 0 Å². The molecule has 132 valence electrons. The van der Waals surface area contributed by atoms with Crippen molar-refractivity contribution in [2.45, 2.75) is 59.3 Å². The Morgan fingerprint density at radius 3 is 1.65 bits per heavy atom. The Kier molecular flexibility index (Phi) is 13.0. The second kappa shape index (κ2) is 13.1. The van der Waals surface area contributed by atoms with Crippen LogP contribution in [0, 0.1) is 0 Å². The maximum Gasteiger partial charge on any atom is 0.199 e. The van der Waals surface area contributed by atoms with Gasteiger partial charge in [-0.15, -0.1) is 0 Å². The van der Waals surface area contributed by atoms with Crippen molar-refractivity contribution in [2.24, 2.45) is 0 Å². The summed E-state index contributed by atoms with van der Waals surface area (Å²) in [5, 5.41) is 0. The van der Waals surface area contributed by atoms with E-state index in [9.17, 15) is 4.79 Å². The largest absolute Gasteiger partial charge is 1.00 e. The Morgan fingerprint density at radius 2 is 1.26 bits per heavy atom. The van der Waals surface area contributed by atoms with Crippen LogP contribution in [0.5, 0.6) is 0 Å². The molecule has 0 heterocycles. The van der Waals surface area contributed by atoms with E-state index in [1.165, 1.54) is 57.0 Å². The van der Waals surface area contributed by atoms with E-state index in [1.54, 1.807) is 0 Å². The fourth-order valence-electron chi connectivity index (χ4n) is 3.07. The zero-order valence-corrected chi connectivity index (χ0v) is 17.7. The van der Waals surface area contributed by atoms with Gasteiger partial charge in [0.2, 0.25) is 0 Å². The number of hydrogen-bond donors (Lipinski definition) is 0. The summed E-state index contributed by atoms with van der Waals surface area (Å²) < 4.78 is 0. The molecule has 0 bridgehead atoms. The number of unbranched alkanes of at least 4 members (excludes halogenated alkanes) is 3. The monoisotopic (exact) mass is 400 g/mol. The Hall–Kier alpha value is -0.200. The number of halogens is 1. The zero-order chi connectivity index (χ0) is 16.3. The third-order valence-corrected chi connectivity index (χ3v) is 9.29. The number of Topliss-reactive ketones (excluding diaryl/α,β-unsaturated/α-hetero) is 1. The average Bonchev–Trinajstić information content (AvgIpc) is 2.56. The first-order chi connectivity index (χ1) is 10.7. The smallest absolute Gasteiger partial charge is 0.199 e. The summed E-state index contributed by atoms with van der Waals surface area (Å²) in [5.41, 5.74) is 0.913. The van der Waals surface area contributed by atoms with Crippen molar-refractivity contribution in [3.05, 3.63) is 35.9 Å². The van der Waals surface area contributed by atoms with Gasteiger partial charge in [0.1, 0.15) is 6.16 Å². The van der Waals surface area contributed by atoms with Gasteiger partial charge in [0.15, 0.2) is 5.78 Å². The normalized spacial score (nSPS) is 11.1. The molecule has 23 heavy (non-hydrogen) atoms. The van der Waals surface area contributed by atoms with Crippen molar-refractivity contribution in [1.82, 2.24) is 0 Å². The Labute approximate surface area is 154 Å². The second-order valence-electron chi connectivity index (χ2n) is 6.52. The summed E-state index contributed by atoms with van der Waals surface area (Å²) in [6.45, 7) is 6.81. The fraction of sp³-hybridized carbons (Fsp3) is 0.650. The molecule has 0 aromatic heterocycles. The maximum absolute atomic E-state index is 12.8. The van der Waals surface area contributed by atoms with E-state index >= 15 is 0 Å². The number of benzene rings is 1. The lowest BCUT2D eigenvalue weighted by atomic mass is 10.2. The van der Waals surface area contributed by atoms with Crippen LogP contribution < -0.4 is 17.0 Å². The lowest BCUT2D eigenvalue weighted by Gasteiger charge is -2.27. The highest BCUT2D eigenvalue weighted by molar-refractivity contribution is 7.76. The van der Waals surface area contributed by atoms with Gasteiger partial charge in [0.05, 0.1) is 18.5 Å². The van der Waals surface area contributed by atoms with Crippen molar-refractivity contribution < 1.29 is 21.8 Å². The molecule has 3 heteroatoms. The Balaban J connectivity index is 0.00000484. The van der Waals surface area contributed by atoms with Gasteiger partial charge in [-0.05, 0) is 19.3 Å². The first-order valence-corrected chi connectivity index (χ1v) is 11.6. The number of hydrogen-bond acceptors (Lipinski definition) is 1. The van der Waals surface area contributed by atoms with E-state index in [-0.39, 0.29) is 17.0 Å². The van der Waals surface area contributed by atoms with Crippen molar-refractivity contribution >= 4 is 13.0 Å². The molecule has 1 aromatic carbocycles. The van der Waals surface area contributed by atoms with Gasteiger partial charge in [-0.2, -0.15) is 0 Å². The molecule has 0 atom stereocenters. The van der Waals surface area contributed by atoms with E-state index in [0.29, 0.717) is 5.78 Å². The van der Waals surface area contributed by atoms with Crippen LogP contribution in [0.4, 0.5) is 0 Å². The third kappa shape index (κ3) is 8.45. The standard InChI is InChI=1S/C20H34OP.BrH/c1-4-7-15-22(16-8-5-2,17-9-6-3)18-20(21)19-13-11-10-12-14-19;/h10-14H,4-9,15-18H2,1-3H3;1H/q+1;/p-1. The number of rotatable bonds is 12. The summed E-state index contributed by atoms with van der Waals surface area (Å²) >= 11 is 0. The van der Waals surface area contributed by atoms with Crippen LogP contribution in [0.2, 0.25) is 0 Å². The van der Waals surface area contributed by atoms with Crippen LogP contribution in [0.3, 0.4) is 0 Å². The SMILES string of the molecule is CCCC[P+](CCCC)(CCCC)CC(=O)c1ccccc1.[Br-]. The van der Waals surface area contributed by atoms with Gasteiger partial charge < -0.3 is 17.0 Å². The summed E-state index contributed by atoms with van der Waals surface area (Å²) in [6, 6.07) is 9.92. The highest BCUT2D eigenvalue weighted by Crippen LogP contribution is 2.60. The minimum atomic E-state index is -1.12. The van der Waals surface area contributed by atoms with Gasteiger partial charge in [-0.3, -0.25) is 4.79 Å². The molecule has 1 aromatic rings. The minimum Gasteiger partial charge on any atom is -1.00 e. The number of carbonyl (C=O) groups excluding carboxylic acids is 1. The second-order valence-corrected chi connectivity index (χ2v) is 10.9. The predicted molar refractivity (Wildman–Crippen MR) is 102 cm³/mol. The summed E-state index contributed by atoms with van der Waals surface area (Å²) in [4.78, 5) is 12.8.